The Morgan fingerprint density at radius 1 is 1.41 bits per heavy atom. The first-order valence-corrected chi connectivity index (χ1v) is 6.99. The van der Waals surface area contributed by atoms with Crippen LogP contribution >= 0.6 is 11.8 Å². The third-order valence-corrected chi connectivity index (χ3v) is 3.73. The van der Waals surface area contributed by atoms with Crippen LogP contribution in [0.3, 0.4) is 0 Å². The monoisotopic (exact) mass is 258 g/mol. The van der Waals surface area contributed by atoms with Crippen molar-refractivity contribution in [1.29, 1.82) is 0 Å². The van der Waals surface area contributed by atoms with E-state index in [-0.39, 0.29) is 11.2 Å². The second-order valence-corrected chi connectivity index (χ2v) is 5.41. The number of thioether (sulfide) groups is 1. The highest BCUT2D eigenvalue weighted by Gasteiger charge is 2.39. The predicted octanol–water partition coefficient (Wildman–Crippen LogP) is 1.23. The van der Waals surface area contributed by atoms with Crippen LogP contribution in [0, 0.1) is 5.92 Å². The van der Waals surface area contributed by atoms with E-state index >= 15 is 0 Å². The van der Waals surface area contributed by atoms with Crippen molar-refractivity contribution in [3.8, 4) is 0 Å². The minimum atomic E-state index is -0.702. The van der Waals surface area contributed by atoms with Crippen molar-refractivity contribution in [3.63, 3.8) is 0 Å². The molecule has 0 saturated carbocycles. The zero-order valence-corrected chi connectivity index (χ0v) is 11.2. The Balaban J connectivity index is 2.79. The molecule has 0 aromatic heterocycles. The fraction of sp³-hybridized carbons (Fsp3) is 0.727. The number of hydrogen-bond donors (Lipinski definition) is 1. The van der Waals surface area contributed by atoms with Gasteiger partial charge >= 0.3 is 6.03 Å². The van der Waals surface area contributed by atoms with E-state index in [0.717, 1.165) is 11.3 Å². The Bertz CT molecular complexity index is 333. The van der Waals surface area contributed by atoms with Gasteiger partial charge in [-0.25, -0.2) is 4.79 Å². The smallest absolute Gasteiger partial charge is 0.277 e. The molecule has 0 bridgehead atoms. The van der Waals surface area contributed by atoms with Crippen molar-refractivity contribution in [1.82, 2.24) is 10.2 Å². The second kappa shape index (κ2) is 6.05. The predicted molar refractivity (Wildman–Crippen MR) is 66.6 cm³/mol. The topological polar surface area (TPSA) is 66.5 Å². The van der Waals surface area contributed by atoms with Crippen LogP contribution in [0.2, 0.25) is 0 Å². The number of rotatable bonds is 5. The lowest BCUT2D eigenvalue weighted by Crippen LogP contribution is -2.58. The molecule has 0 aromatic carbocycles. The van der Waals surface area contributed by atoms with Gasteiger partial charge in [0.25, 0.3) is 0 Å². The van der Waals surface area contributed by atoms with Crippen molar-refractivity contribution in [3.05, 3.63) is 0 Å². The summed E-state index contributed by atoms with van der Waals surface area (Å²) in [6.07, 6.45) is 3.15. The molecular weight excluding hydrogens is 240 g/mol. The van der Waals surface area contributed by atoms with E-state index < -0.39 is 17.9 Å². The Morgan fingerprint density at radius 3 is 2.59 bits per heavy atom. The summed E-state index contributed by atoms with van der Waals surface area (Å²) in [6.45, 7) is 4.20. The molecule has 2 unspecified atom stereocenters. The van der Waals surface area contributed by atoms with E-state index in [9.17, 15) is 14.4 Å². The molecular formula is C11H18N2O3S. The lowest BCUT2D eigenvalue weighted by atomic mass is 9.99. The summed E-state index contributed by atoms with van der Waals surface area (Å²) < 4.78 is 0. The summed E-state index contributed by atoms with van der Waals surface area (Å²) >= 11 is 1.58. The third-order valence-electron chi connectivity index (χ3n) is 2.78. The highest BCUT2D eigenvalue weighted by atomic mass is 32.2. The maximum atomic E-state index is 12.0. The number of nitrogens with one attached hydrogen (secondary N) is 1. The Hall–Kier alpha value is -1.04. The van der Waals surface area contributed by atoms with Crippen molar-refractivity contribution >= 4 is 29.6 Å². The molecule has 0 aliphatic carbocycles. The highest BCUT2D eigenvalue weighted by molar-refractivity contribution is 7.99. The van der Waals surface area contributed by atoms with Crippen LogP contribution in [0.5, 0.6) is 0 Å². The van der Waals surface area contributed by atoms with Gasteiger partial charge < -0.3 is 0 Å². The molecule has 1 aliphatic heterocycles. The number of barbiturate groups is 1. The Kier molecular flexibility index (Phi) is 4.99. The second-order valence-electron chi connectivity index (χ2n) is 4.13. The quantitative estimate of drug-likeness (QED) is 0.753. The number of imide groups is 2. The van der Waals surface area contributed by atoms with Crippen LogP contribution in [0.25, 0.3) is 0 Å². The lowest BCUT2D eigenvalue weighted by Gasteiger charge is -2.31. The van der Waals surface area contributed by atoms with Crippen molar-refractivity contribution in [2.75, 3.05) is 12.8 Å². The largest absolute Gasteiger partial charge is 0.330 e. The first-order valence-electron chi connectivity index (χ1n) is 5.70. The lowest BCUT2D eigenvalue weighted by molar-refractivity contribution is -0.142. The summed E-state index contributed by atoms with van der Waals surface area (Å²) in [5.41, 5.74) is 0. The minimum absolute atomic E-state index is 0.167. The normalized spacial score (nSPS) is 22.6. The molecule has 2 atom stereocenters. The Labute approximate surface area is 105 Å². The zero-order valence-electron chi connectivity index (χ0n) is 10.4. The minimum Gasteiger partial charge on any atom is -0.277 e. The van der Waals surface area contributed by atoms with E-state index in [2.05, 4.69) is 5.32 Å². The maximum absolute atomic E-state index is 12.0. The summed E-state index contributed by atoms with van der Waals surface area (Å²) in [7, 11) is 0. The van der Waals surface area contributed by atoms with Gasteiger partial charge in [0.1, 0.15) is 5.92 Å². The van der Waals surface area contributed by atoms with Gasteiger partial charge in [-0.1, -0.05) is 20.3 Å². The highest BCUT2D eigenvalue weighted by Crippen LogP contribution is 2.18. The fourth-order valence-electron chi connectivity index (χ4n) is 1.71. The van der Waals surface area contributed by atoms with Gasteiger partial charge in [0, 0.05) is 11.8 Å². The molecule has 96 valence electrons. The van der Waals surface area contributed by atoms with Gasteiger partial charge in [-0.2, -0.15) is 11.8 Å². The molecule has 17 heavy (non-hydrogen) atoms. The van der Waals surface area contributed by atoms with Crippen molar-refractivity contribution in [2.24, 2.45) is 5.92 Å². The van der Waals surface area contributed by atoms with E-state index in [1.54, 1.807) is 11.8 Å². The molecule has 0 spiro atoms. The number of carbonyl (C=O) groups excluding carboxylic acids is 3. The van der Waals surface area contributed by atoms with Crippen LogP contribution in [0.4, 0.5) is 4.79 Å². The summed E-state index contributed by atoms with van der Waals surface area (Å²) in [4.78, 5) is 36.3. The molecule has 0 radical (unpaired) electrons. The molecule has 1 fully saturated rings. The van der Waals surface area contributed by atoms with Gasteiger partial charge in [-0.15, -0.1) is 0 Å². The fourth-order valence-corrected chi connectivity index (χ4v) is 2.01. The number of hydrogen-bond acceptors (Lipinski definition) is 4. The van der Waals surface area contributed by atoms with Crippen LogP contribution in [0.1, 0.15) is 26.7 Å². The molecule has 4 amide bonds. The zero-order chi connectivity index (χ0) is 13.0. The van der Waals surface area contributed by atoms with Crippen LogP contribution in [-0.2, 0) is 9.59 Å². The van der Waals surface area contributed by atoms with Gasteiger partial charge in [-0.05, 0) is 12.7 Å². The molecule has 0 aromatic rings. The first-order chi connectivity index (χ1) is 8.01. The van der Waals surface area contributed by atoms with Crippen LogP contribution in [0.15, 0.2) is 0 Å². The summed E-state index contributed by atoms with van der Waals surface area (Å²) in [5.74, 6) is -1.52. The molecule has 1 aliphatic rings. The number of nitrogens with zero attached hydrogens (tertiary/aromatic N) is 1. The Morgan fingerprint density at radius 2 is 2.06 bits per heavy atom. The summed E-state index contributed by atoms with van der Waals surface area (Å²) in [6, 6.07) is -0.590. The maximum Gasteiger partial charge on any atom is 0.330 e. The molecule has 1 rings (SSSR count). The molecule has 6 heteroatoms. The number of amides is 4. The van der Waals surface area contributed by atoms with Crippen LogP contribution < -0.4 is 5.32 Å². The first kappa shape index (κ1) is 14.0. The van der Waals surface area contributed by atoms with E-state index in [0.29, 0.717) is 13.0 Å². The van der Waals surface area contributed by atoms with Gasteiger partial charge in [0.2, 0.25) is 11.8 Å². The molecule has 5 nitrogen and oxygen atoms in total. The van der Waals surface area contributed by atoms with Gasteiger partial charge in [0.15, 0.2) is 0 Å². The van der Waals surface area contributed by atoms with E-state index in [1.165, 1.54) is 0 Å². The molecule has 1 N–H and O–H groups in total. The molecule has 1 heterocycles. The SMILES string of the molecule is CCCC1C(=O)NC(=O)N(CC(C)SC)C1=O. The van der Waals surface area contributed by atoms with Crippen molar-refractivity contribution in [2.45, 2.75) is 31.9 Å². The van der Waals surface area contributed by atoms with Gasteiger partial charge in [0.05, 0.1) is 0 Å². The standard InChI is InChI=1S/C11H18N2O3S/c1-4-5-8-9(14)12-11(16)13(10(8)15)6-7(2)17-3/h7-8H,4-6H2,1-3H3,(H,12,14,16). The number of carbonyl (C=O) groups is 3. The van der Waals surface area contributed by atoms with E-state index in [4.69, 9.17) is 0 Å². The molecule has 1 saturated heterocycles. The third kappa shape index (κ3) is 3.21. The van der Waals surface area contributed by atoms with E-state index in [1.807, 2.05) is 20.1 Å². The summed E-state index contributed by atoms with van der Waals surface area (Å²) in [5, 5.41) is 2.41. The van der Waals surface area contributed by atoms with Gasteiger partial charge in [-0.3, -0.25) is 19.8 Å². The average molecular weight is 258 g/mol. The van der Waals surface area contributed by atoms with Crippen molar-refractivity contribution < 1.29 is 14.4 Å². The number of urea groups is 1. The van der Waals surface area contributed by atoms with Crippen LogP contribution in [-0.4, -0.2) is 40.8 Å². The average Bonchev–Trinajstić information content (AvgIpc) is 2.29.